The van der Waals surface area contributed by atoms with Crippen molar-refractivity contribution in [2.24, 2.45) is 17.8 Å². The van der Waals surface area contributed by atoms with Crippen LogP contribution >= 0.6 is 11.6 Å². The third-order valence-electron chi connectivity index (χ3n) is 5.45. The molecule has 0 unspecified atom stereocenters. The van der Waals surface area contributed by atoms with Gasteiger partial charge in [0.15, 0.2) is 0 Å². The maximum atomic E-state index is 6.10. The molecular formula is C18H23ClN2. The Labute approximate surface area is 132 Å². The summed E-state index contributed by atoms with van der Waals surface area (Å²) in [6.45, 7) is 5.91. The molecular weight excluding hydrogens is 280 g/mol. The average molecular weight is 303 g/mol. The van der Waals surface area contributed by atoms with E-state index in [0.29, 0.717) is 0 Å². The largest absolute Gasteiger partial charge is 0.369 e. The van der Waals surface area contributed by atoms with Crippen LogP contribution in [-0.4, -0.2) is 37.6 Å². The van der Waals surface area contributed by atoms with Crippen LogP contribution in [0.25, 0.3) is 0 Å². The minimum Gasteiger partial charge on any atom is -0.369 e. The van der Waals surface area contributed by atoms with Crippen LogP contribution in [0.5, 0.6) is 0 Å². The summed E-state index contributed by atoms with van der Waals surface area (Å²) in [4.78, 5) is 5.13. The lowest BCUT2D eigenvalue weighted by atomic mass is 9.93. The molecule has 3 atom stereocenters. The van der Waals surface area contributed by atoms with E-state index in [0.717, 1.165) is 35.9 Å². The van der Waals surface area contributed by atoms with E-state index >= 15 is 0 Å². The summed E-state index contributed by atoms with van der Waals surface area (Å²) in [5, 5.41) is 0.837. The monoisotopic (exact) mass is 302 g/mol. The first-order valence-electron chi connectivity index (χ1n) is 8.19. The van der Waals surface area contributed by atoms with Crippen molar-refractivity contribution >= 4 is 17.3 Å². The molecule has 1 aromatic rings. The molecule has 2 bridgehead atoms. The third kappa shape index (κ3) is 2.84. The van der Waals surface area contributed by atoms with Crippen molar-refractivity contribution in [2.45, 2.75) is 12.8 Å². The summed E-state index contributed by atoms with van der Waals surface area (Å²) >= 11 is 6.10. The summed E-state index contributed by atoms with van der Waals surface area (Å²) in [5.41, 5.74) is 1.27. The van der Waals surface area contributed by atoms with Crippen LogP contribution in [0.1, 0.15) is 12.8 Å². The molecule has 1 saturated carbocycles. The van der Waals surface area contributed by atoms with E-state index in [9.17, 15) is 0 Å². The second-order valence-electron chi connectivity index (χ2n) is 6.81. The topological polar surface area (TPSA) is 6.48 Å². The van der Waals surface area contributed by atoms with E-state index in [-0.39, 0.29) is 0 Å². The van der Waals surface area contributed by atoms with Crippen molar-refractivity contribution in [1.29, 1.82) is 0 Å². The molecule has 1 aliphatic heterocycles. The first kappa shape index (κ1) is 13.7. The second kappa shape index (κ2) is 5.66. The van der Waals surface area contributed by atoms with Crippen molar-refractivity contribution in [3.8, 4) is 0 Å². The molecule has 4 rings (SSSR count). The summed E-state index contributed by atoms with van der Waals surface area (Å²) in [5.74, 6) is 2.69. The fourth-order valence-corrected chi connectivity index (χ4v) is 4.48. The van der Waals surface area contributed by atoms with Gasteiger partial charge in [-0.05, 0) is 48.8 Å². The van der Waals surface area contributed by atoms with E-state index in [2.05, 4.69) is 34.1 Å². The fraction of sp³-hybridized carbons (Fsp3) is 0.556. The minimum atomic E-state index is 0.837. The molecule has 1 saturated heterocycles. The lowest BCUT2D eigenvalue weighted by Gasteiger charge is -2.38. The number of hydrogen-bond donors (Lipinski definition) is 0. The normalized spacial score (nSPS) is 32.0. The molecule has 2 aliphatic carbocycles. The Morgan fingerprint density at radius 1 is 1.05 bits per heavy atom. The Morgan fingerprint density at radius 3 is 2.57 bits per heavy atom. The van der Waals surface area contributed by atoms with E-state index in [4.69, 9.17) is 11.6 Å². The van der Waals surface area contributed by atoms with Gasteiger partial charge in [-0.1, -0.05) is 29.8 Å². The molecule has 0 amide bonds. The minimum absolute atomic E-state index is 0.837. The van der Waals surface area contributed by atoms with E-state index in [1.165, 1.54) is 38.2 Å². The standard InChI is InChI=1S/C18H23ClN2/c19-17-2-1-3-18(12-17)21-8-6-20(7-9-21)13-16-11-14-4-5-15(16)10-14/h1-5,12,14-16H,6-11,13H2/t14-,15-,16+/m0/s1. The van der Waals surface area contributed by atoms with E-state index in [1.807, 2.05) is 12.1 Å². The average Bonchev–Trinajstić information content (AvgIpc) is 3.11. The molecule has 1 aromatic carbocycles. The fourth-order valence-electron chi connectivity index (χ4n) is 4.30. The van der Waals surface area contributed by atoms with Gasteiger partial charge >= 0.3 is 0 Å². The molecule has 112 valence electrons. The maximum Gasteiger partial charge on any atom is 0.0426 e. The van der Waals surface area contributed by atoms with Crippen molar-refractivity contribution < 1.29 is 0 Å². The maximum absolute atomic E-state index is 6.10. The molecule has 1 heterocycles. The van der Waals surface area contributed by atoms with E-state index < -0.39 is 0 Å². The number of nitrogens with zero attached hydrogens (tertiary/aromatic N) is 2. The highest BCUT2D eigenvalue weighted by Gasteiger charge is 2.36. The van der Waals surface area contributed by atoms with Gasteiger partial charge in [0, 0.05) is 43.4 Å². The Balaban J connectivity index is 1.32. The number of hydrogen-bond acceptors (Lipinski definition) is 2. The zero-order chi connectivity index (χ0) is 14.2. The number of piperazine rings is 1. The Hall–Kier alpha value is -0.990. The van der Waals surface area contributed by atoms with Crippen LogP contribution < -0.4 is 4.90 Å². The van der Waals surface area contributed by atoms with Crippen molar-refractivity contribution in [3.63, 3.8) is 0 Å². The Bertz CT molecular complexity index is 534. The van der Waals surface area contributed by atoms with Gasteiger partial charge in [-0.3, -0.25) is 4.90 Å². The lowest BCUT2D eigenvalue weighted by molar-refractivity contribution is 0.204. The Kier molecular flexibility index (Phi) is 3.68. The summed E-state index contributed by atoms with van der Waals surface area (Å²) in [7, 11) is 0. The number of rotatable bonds is 3. The molecule has 3 aliphatic rings. The molecule has 3 heteroatoms. The predicted octanol–water partition coefficient (Wildman–Crippen LogP) is 3.67. The molecule has 0 aromatic heterocycles. The van der Waals surface area contributed by atoms with Gasteiger partial charge in [0.1, 0.15) is 0 Å². The van der Waals surface area contributed by atoms with Crippen molar-refractivity contribution in [2.75, 3.05) is 37.6 Å². The van der Waals surface area contributed by atoms with Crippen LogP contribution in [0, 0.1) is 17.8 Å². The van der Waals surface area contributed by atoms with Crippen LogP contribution in [0.3, 0.4) is 0 Å². The number of fused-ring (bicyclic) bond motifs is 2. The van der Waals surface area contributed by atoms with Gasteiger partial charge in [0.05, 0.1) is 0 Å². The zero-order valence-corrected chi connectivity index (χ0v) is 13.2. The van der Waals surface area contributed by atoms with Gasteiger partial charge in [-0.2, -0.15) is 0 Å². The zero-order valence-electron chi connectivity index (χ0n) is 12.4. The SMILES string of the molecule is Clc1cccc(N2CCN(C[C@H]3C[C@H]4C=C[C@H]3C4)CC2)c1. The lowest BCUT2D eigenvalue weighted by Crippen LogP contribution is -2.48. The number of allylic oxidation sites excluding steroid dienone is 2. The molecule has 0 N–H and O–H groups in total. The quantitative estimate of drug-likeness (QED) is 0.786. The molecule has 0 spiro atoms. The third-order valence-corrected chi connectivity index (χ3v) is 5.69. The van der Waals surface area contributed by atoms with Crippen LogP contribution in [-0.2, 0) is 0 Å². The van der Waals surface area contributed by atoms with Crippen LogP contribution in [0.4, 0.5) is 5.69 Å². The van der Waals surface area contributed by atoms with Gasteiger partial charge in [0.25, 0.3) is 0 Å². The summed E-state index contributed by atoms with van der Waals surface area (Å²) in [6.07, 6.45) is 7.77. The highest BCUT2D eigenvalue weighted by Crippen LogP contribution is 2.43. The molecule has 0 radical (unpaired) electrons. The van der Waals surface area contributed by atoms with Gasteiger partial charge in [0.2, 0.25) is 0 Å². The van der Waals surface area contributed by atoms with E-state index in [1.54, 1.807) is 0 Å². The first-order valence-corrected chi connectivity index (χ1v) is 8.57. The number of anilines is 1. The predicted molar refractivity (Wildman–Crippen MR) is 88.9 cm³/mol. The van der Waals surface area contributed by atoms with Gasteiger partial charge in [-0.15, -0.1) is 0 Å². The second-order valence-corrected chi connectivity index (χ2v) is 7.24. The Morgan fingerprint density at radius 2 is 1.90 bits per heavy atom. The van der Waals surface area contributed by atoms with Crippen molar-refractivity contribution in [1.82, 2.24) is 4.90 Å². The number of benzene rings is 1. The smallest absolute Gasteiger partial charge is 0.0426 e. The molecule has 2 nitrogen and oxygen atoms in total. The van der Waals surface area contributed by atoms with Gasteiger partial charge in [-0.25, -0.2) is 0 Å². The van der Waals surface area contributed by atoms with Gasteiger partial charge < -0.3 is 4.90 Å². The number of halogens is 1. The summed E-state index contributed by atoms with van der Waals surface area (Å²) < 4.78 is 0. The molecule has 2 fully saturated rings. The van der Waals surface area contributed by atoms with Crippen LogP contribution in [0.2, 0.25) is 5.02 Å². The highest BCUT2D eigenvalue weighted by molar-refractivity contribution is 6.30. The molecule has 21 heavy (non-hydrogen) atoms. The highest BCUT2D eigenvalue weighted by atomic mass is 35.5. The van der Waals surface area contributed by atoms with Crippen LogP contribution in [0.15, 0.2) is 36.4 Å². The summed E-state index contributed by atoms with van der Waals surface area (Å²) in [6, 6.07) is 8.25. The first-order chi connectivity index (χ1) is 10.3. The van der Waals surface area contributed by atoms with Crippen molar-refractivity contribution in [3.05, 3.63) is 41.4 Å².